The molecular weight excluding hydrogens is 488 g/mol. The molecule has 0 N–H and O–H groups in total. The van der Waals surface area contributed by atoms with Crippen molar-refractivity contribution in [2.24, 2.45) is 46.3 Å². The van der Waals surface area contributed by atoms with Crippen molar-refractivity contribution in [3.63, 3.8) is 0 Å². The van der Waals surface area contributed by atoms with E-state index in [1.807, 2.05) is 0 Å². The first-order chi connectivity index (χ1) is 17.4. The molecule has 1 saturated heterocycles. The van der Waals surface area contributed by atoms with Gasteiger partial charge in [0, 0.05) is 20.3 Å². The third-order valence-electron chi connectivity index (χ3n) is 11.8. The molecule has 0 unspecified atom stereocenters. The molecule has 2 bridgehead atoms. The van der Waals surface area contributed by atoms with Gasteiger partial charge in [-0.15, -0.1) is 11.6 Å². The van der Waals surface area contributed by atoms with Gasteiger partial charge < -0.3 is 14.2 Å². The molecule has 0 radical (unpaired) electrons. The summed E-state index contributed by atoms with van der Waals surface area (Å²) in [4.78, 5) is 23.3. The second kappa shape index (κ2) is 9.98. The van der Waals surface area contributed by atoms with Gasteiger partial charge in [0.05, 0.1) is 16.4 Å². The predicted molar refractivity (Wildman–Crippen MR) is 144 cm³/mol. The number of fused-ring (bicyclic) bond motifs is 3. The maximum absolute atomic E-state index is 12.2. The number of carbonyl (C=O) groups is 2. The summed E-state index contributed by atoms with van der Waals surface area (Å²) in [7, 11) is 0. The molecule has 5 fully saturated rings. The van der Waals surface area contributed by atoms with Crippen molar-refractivity contribution in [3.05, 3.63) is 0 Å². The topological polar surface area (TPSA) is 61.8 Å². The molecule has 0 aromatic rings. The first-order valence-corrected chi connectivity index (χ1v) is 15.5. The van der Waals surface area contributed by atoms with Crippen LogP contribution in [0.3, 0.4) is 0 Å². The molecule has 11 atom stereocenters. The predicted octanol–water partition coefficient (Wildman–Crippen LogP) is 7.28. The molecule has 0 aromatic carbocycles. The Morgan fingerprint density at radius 2 is 1.70 bits per heavy atom. The summed E-state index contributed by atoms with van der Waals surface area (Å²) in [5.41, 5.74) is -0.0422. The molecule has 1 heterocycles. The van der Waals surface area contributed by atoms with Crippen LogP contribution in [0.2, 0.25) is 0 Å². The lowest BCUT2D eigenvalue weighted by Gasteiger charge is -2.62. The molecule has 37 heavy (non-hydrogen) atoms. The lowest BCUT2D eigenvalue weighted by Crippen LogP contribution is -2.65. The zero-order valence-electron chi connectivity index (χ0n) is 23.9. The number of rotatable bonds is 7. The van der Waals surface area contributed by atoms with Gasteiger partial charge in [0.25, 0.3) is 0 Å². The zero-order valence-corrected chi connectivity index (χ0v) is 24.6. The van der Waals surface area contributed by atoms with Crippen LogP contribution in [0.25, 0.3) is 0 Å². The van der Waals surface area contributed by atoms with Gasteiger partial charge in [0.15, 0.2) is 0 Å². The average molecular weight is 537 g/mol. The summed E-state index contributed by atoms with van der Waals surface area (Å²) in [5.74, 6) is 3.37. The Morgan fingerprint density at radius 3 is 2.38 bits per heavy atom. The molecule has 4 saturated carbocycles. The molecule has 6 heteroatoms. The molecule has 1 aliphatic heterocycles. The maximum Gasteiger partial charge on any atom is 0.304 e. The molecule has 210 valence electrons. The van der Waals surface area contributed by atoms with E-state index in [-0.39, 0.29) is 24.1 Å². The van der Waals surface area contributed by atoms with Gasteiger partial charge in [0.2, 0.25) is 6.29 Å². The van der Waals surface area contributed by atoms with E-state index in [1.54, 1.807) is 0 Å². The van der Waals surface area contributed by atoms with Crippen molar-refractivity contribution in [1.82, 2.24) is 0 Å². The highest BCUT2D eigenvalue weighted by Crippen LogP contribution is 2.74. The van der Waals surface area contributed by atoms with E-state index in [0.717, 1.165) is 43.4 Å². The summed E-state index contributed by atoms with van der Waals surface area (Å²) >= 11 is 7.64. The van der Waals surface area contributed by atoms with Crippen molar-refractivity contribution < 1.29 is 23.8 Å². The van der Waals surface area contributed by atoms with Gasteiger partial charge in [-0.2, -0.15) is 0 Å². The second-order valence-electron chi connectivity index (χ2n) is 14.1. The highest BCUT2D eigenvalue weighted by atomic mass is 35.5. The largest absolute Gasteiger partial charge is 0.462 e. The summed E-state index contributed by atoms with van der Waals surface area (Å²) in [6.07, 6.45) is 11.0. The lowest BCUT2D eigenvalue weighted by molar-refractivity contribution is -0.203. The fourth-order valence-electron chi connectivity index (χ4n) is 10.4. The fraction of sp³-hybridized carbons (Fsp3) is 0.935. The minimum absolute atomic E-state index is 0.178. The molecule has 5 aliphatic rings. The Morgan fingerprint density at radius 1 is 0.973 bits per heavy atom. The van der Waals surface area contributed by atoms with Crippen LogP contribution in [-0.2, 0) is 23.8 Å². The molecule has 0 spiro atoms. The van der Waals surface area contributed by atoms with Crippen molar-refractivity contribution in [1.29, 1.82) is 0 Å². The van der Waals surface area contributed by atoms with Crippen LogP contribution in [0.15, 0.2) is 0 Å². The minimum atomic E-state index is -0.664. The second-order valence-corrected chi connectivity index (χ2v) is 14.8. The summed E-state index contributed by atoms with van der Waals surface area (Å²) in [5, 5.41) is 0. The highest BCUT2D eigenvalue weighted by Gasteiger charge is 2.77. The Balaban J connectivity index is 1.41. The van der Waals surface area contributed by atoms with Gasteiger partial charge in [0.1, 0.15) is 6.10 Å². The van der Waals surface area contributed by atoms with Gasteiger partial charge in [-0.05, 0) is 85.9 Å². The fourth-order valence-corrected chi connectivity index (χ4v) is 11.0. The van der Waals surface area contributed by atoms with Crippen LogP contribution >= 0.6 is 11.6 Å². The Bertz CT molecular complexity index is 891. The molecular formula is C31H49ClO5. The number of carbonyl (C=O) groups excluding carboxylic acids is 2. The first kappa shape index (κ1) is 27.7. The normalized spacial score (nSPS) is 47.1. The summed E-state index contributed by atoms with van der Waals surface area (Å²) in [6.45, 7) is 12.7. The quantitative estimate of drug-likeness (QED) is 0.253. The smallest absolute Gasteiger partial charge is 0.304 e. The number of hydrogen-bond acceptors (Lipinski definition) is 5. The number of alkyl halides is 1. The minimum Gasteiger partial charge on any atom is -0.462 e. The van der Waals surface area contributed by atoms with Crippen LogP contribution < -0.4 is 0 Å². The van der Waals surface area contributed by atoms with E-state index >= 15 is 0 Å². The van der Waals surface area contributed by atoms with Gasteiger partial charge in [-0.3, -0.25) is 9.59 Å². The Hall–Kier alpha value is -0.810. The van der Waals surface area contributed by atoms with E-state index in [0.29, 0.717) is 29.6 Å². The number of hydrogen-bond donors (Lipinski definition) is 0. The van der Waals surface area contributed by atoms with Gasteiger partial charge in [-0.1, -0.05) is 47.0 Å². The number of ether oxygens (including phenoxy) is 3. The number of esters is 2. The van der Waals surface area contributed by atoms with Crippen molar-refractivity contribution in [3.8, 4) is 0 Å². The average Bonchev–Trinajstić information content (AvgIpc) is 3.20. The maximum atomic E-state index is 12.2. The molecule has 0 aromatic heterocycles. The molecule has 0 amide bonds. The van der Waals surface area contributed by atoms with Crippen LogP contribution in [0.5, 0.6) is 0 Å². The third kappa shape index (κ3) is 4.37. The monoisotopic (exact) mass is 536 g/mol. The standard InChI is InChI=1S/C31H49ClO5/c1-18(2)8-7-9-19(3)24-10-11-25-23-16-27-31(32)17-22(35-20(4)33)12-15-30(31,28(37-27)36-21(5)34)26(23)13-14-29(24,25)6/h18-19,22-28H,7-17H2,1-6H3/t19-,22+,23-,24+,25-,26-,27-,28+,29-,30+,31+/m1/s1. The van der Waals surface area contributed by atoms with E-state index < -0.39 is 16.6 Å². The van der Waals surface area contributed by atoms with Crippen LogP contribution in [-0.4, -0.2) is 35.3 Å². The lowest BCUT2D eigenvalue weighted by atomic mass is 9.43. The van der Waals surface area contributed by atoms with Gasteiger partial charge in [-0.25, -0.2) is 0 Å². The van der Waals surface area contributed by atoms with Crippen molar-refractivity contribution >= 4 is 23.5 Å². The Labute approximate surface area is 229 Å². The SMILES string of the molecule is CC(=O)O[C@H]1CC[C@@]23[C@@H](OC(C)=O)O[C@H](C[C@@H]4[C@H]5CC[C@@H]([C@H](C)CCCC(C)C)[C@@]5(C)CC[C@H]42)[C@@]3(Cl)C1. The van der Waals surface area contributed by atoms with Crippen molar-refractivity contribution in [2.45, 2.75) is 136 Å². The van der Waals surface area contributed by atoms with Crippen molar-refractivity contribution in [2.75, 3.05) is 0 Å². The first-order valence-electron chi connectivity index (χ1n) is 15.1. The van der Waals surface area contributed by atoms with Gasteiger partial charge >= 0.3 is 11.9 Å². The third-order valence-corrected chi connectivity index (χ3v) is 12.5. The van der Waals surface area contributed by atoms with Crippen LogP contribution in [0, 0.1) is 46.3 Å². The highest BCUT2D eigenvalue weighted by molar-refractivity contribution is 6.25. The molecule has 5 rings (SSSR count). The van der Waals surface area contributed by atoms with E-state index in [2.05, 4.69) is 27.7 Å². The van der Waals surface area contributed by atoms with Crippen LogP contribution in [0.4, 0.5) is 0 Å². The van der Waals surface area contributed by atoms with E-state index in [1.165, 1.54) is 52.4 Å². The zero-order chi connectivity index (χ0) is 26.8. The summed E-state index contributed by atoms with van der Waals surface area (Å²) in [6, 6.07) is 0. The Kier molecular flexibility index (Phi) is 7.49. The van der Waals surface area contributed by atoms with E-state index in [9.17, 15) is 9.59 Å². The molecule has 5 nitrogen and oxygen atoms in total. The van der Waals surface area contributed by atoms with Crippen LogP contribution in [0.1, 0.15) is 112 Å². The van der Waals surface area contributed by atoms with E-state index in [4.69, 9.17) is 25.8 Å². The number of halogens is 1. The molecule has 4 aliphatic carbocycles. The summed E-state index contributed by atoms with van der Waals surface area (Å²) < 4.78 is 18.2.